The van der Waals surface area contributed by atoms with E-state index < -0.39 is 5.97 Å². The molecule has 2 aromatic rings. The summed E-state index contributed by atoms with van der Waals surface area (Å²) in [5.41, 5.74) is 3.88. The Kier molecular flexibility index (Phi) is 2.87. The number of benzene rings is 1. The maximum absolute atomic E-state index is 10.7. The fourth-order valence-electron chi connectivity index (χ4n) is 1.71. The molecule has 0 unspecified atom stereocenters. The van der Waals surface area contributed by atoms with Crippen LogP contribution in [0.3, 0.4) is 0 Å². The summed E-state index contributed by atoms with van der Waals surface area (Å²) in [6.45, 7) is 4.02. The van der Waals surface area contributed by atoms with Gasteiger partial charge >= 0.3 is 5.97 Å². The van der Waals surface area contributed by atoms with Crippen LogP contribution < -0.4 is 0 Å². The van der Waals surface area contributed by atoms with Crippen molar-refractivity contribution in [2.24, 2.45) is 0 Å². The molecule has 4 heteroatoms. The highest BCUT2D eigenvalue weighted by atomic mass is 16.4. The van der Waals surface area contributed by atoms with E-state index in [-0.39, 0.29) is 5.69 Å². The van der Waals surface area contributed by atoms with Crippen molar-refractivity contribution < 1.29 is 9.90 Å². The summed E-state index contributed by atoms with van der Waals surface area (Å²) in [5, 5.41) is 8.73. The Labute approximate surface area is 99.0 Å². The van der Waals surface area contributed by atoms with E-state index in [1.807, 2.05) is 26.0 Å². The van der Waals surface area contributed by atoms with Gasteiger partial charge in [-0.05, 0) is 26.0 Å². The third-order valence-corrected chi connectivity index (χ3v) is 2.39. The zero-order chi connectivity index (χ0) is 12.4. The average Bonchev–Trinajstić information content (AvgIpc) is 2.28. The Morgan fingerprint density at radius 3 is 2.18 bits per heavy atom. The maximum Gasteiger partial charge on any atom is 0.356 e. The maximum atomic E-state index is 10.7. The van der Waals surface area contributed by atoms with Gasteiger partial charge in [-0.25, -0.2) is 9.78 Å². The van der Waals surface area contributed by atoms with Crippen molar-refractivity contribution in [1.29, 1.82) is 0 Å². The quantitative estimate of drug-likeness (QED) is 0.857. The molecule has 86 valence electrons. The van der Waals surface area contributed by atoms with Crippen LogP contribution in [0.4, 0.5) is 0 Å². The molecule has 0 aliphatic heterocycles. The van der Waals surface area contributed by atoms with Crippen molar-refractivity contribution in [1.82, 2.24) is 9.97 Å². The molecule has 0 radical (unpaired) electrons. The second kappa shape index (κ2) is 4.33. The van der Waals surface area contributed by atoms with Crippen LogP contribution in [0.15, 0.2) is 30.6 Å². The summed E-state index contributed by atoms with van der Waals surface area (Å²) >= 11 is 0. The molecule has 0 atom stereocenters. The molecule has 0 saturated carbocycles. The second-order valence-electron chi connectivity index (χ2n) is 3.97. The molecule has 0 spiro atoms. The summed E-state index contributed by atoms with van der Waals surface area (Å²) in [6.07, 6.45) is 2.76. The van der Waals surface area contributed by atoms with Crippen molar-refractivity contribution in [3.8, 4) is 11.3 Å². The molecule has 0 bridgehead atoms. The van der Waals surface area contributed by atoms with Gasteiger partial charge in [-0.3, -0.25) is 4.98 Å². The fourth-order valence-corrected chi connectivity index (χ4v) is 1.71. The van der Waals surface area contributed by atoms with Crippen LogP contribution in [0.25, 0.3) is 11.3 Å². The van der Waals surface area contributed by atoms with Crippen LogP contribution in [-0.4, -0.2) is 21.0 Å². The van der Waals surface area contributed by atoms with Crippen LogP contribution >= 0.6 is 0 Å². The summed E-state index contributed by atoms with van der Waals surface area (Å²) < 4.78 is 0. The Morgan fingerprint density at radius 2 is 1.71 bits per heavy atom. The lowest BCUT2D eigenvalue weighted by molar-refractivity contribution is 0.0690. The molecule has 1 aromatic carbocycles. The van der Waals surface area contributed by atoms with E-state index in [1.54, 1.807) is 0 Å². The first kappa shape index (κ1) is 11.3. The third-order valence-electron chi connectivity index (χ3n) is 2.39. The number of hydrogen-bond donors (Lipinski definition) is 1. The van der Waals surface area contributed by atoms with Crippen molar-refractivity contribution in [2.45, 2.75) is 13.8 Å². The normalized spacial score (nSPS) is 10.2. The second-order valence-corrected chi connectivity index (χ2v) is 3.97. The van der Waals surface area contributed by atoms with Gasteiger partial charge in [0.15, 0.2) is 5.69 Å². The lowest BCUT2D eigenvalue weighted by Crippen LogP contribution is -2.01. The lowest BCUT2D eigenvalue weighted by Gasteiger charge is -2.04. The van der Waals surface area contributed by atoms with Gasteiger partial charge in [-0.1, -0.05) is 17.2 Å². The van der Waals surface area contributed by atoms with Crippen LogP contribution in [0.1, 0.15) is 21.6 Å². The predicted octanol–water partition coefficient (Wildman–Crippen LogP) is 2.46. The molecule has 0 amide bonds. The van der Waals surface area contributed by atoms with Gasteiger partial charge in [0.05, 0.1) is 18.1 Å². The summed E-state index contributed by atoms with van der Waals surface area (Å²) in [4.78, 5) is 18.6. The van der Waals surface area contributed by atoms with Gasteiger partial charge in [-0.2, -0.15) is 0 Å². The van der Waals surface area contributed by atoms with E-state index in [0.29, 0.717) is 5.69 Å². The van der Waals surface area contributed by atoms with Gasteiger partial charge in [0.1, 0.15) is 0 Å². The topological polar surface area (TPSA) is 63.1 Å². The first-order chi connectivity index (χ1) is 8.06. The van der Waals surface area contributed by atoms with Crippen molar-refractivity contribution in [2.75, 3.05) is 0 Å². The van der Waals surface area contributed by atoms with Gasteiger partial charge in [0.25, 0.3) is 0 Å². The van der Waals surface area contributed by atoms with E-state index in [2.05, 4.69) is 16.0 Å². The van der Waals surface area contributed by atoms with Crippen LogP contribution in [0.2, 0.25) is 0 Å². The minimum absolute atomic E-state index is 0.0434. The molecule has 0 saturated heterocycles. The molecule has 4 nitrogen and oxygen atoms in total. The number of aromatic nitrogens is 2. The molecule has 1 aromatic heterocycles. The van der Waals surface area contributed by atoms with Crippen LogP contribution in [-0.2, 0) is 0 Å². The first-order valence-electron chi connectivity index (χ1n) is 5.20. The summed E-state index contributed by atoms with van der Waals surface area (Å²) in [5.74, 6) is -1.07. The number of aryl methyl sites for hydroxylation is 2. The first-order valence-corrected chi connectivity index (χ1v) is 5.20. The van der Waals surface area contributed by atoms with Crippen LogP contribution in [0.5, 0.6) is 0 Å². The number of nitrogens with zero attached hydrogens (tertiary/aromatic N) is 2. The Morgan fingerprint density at radius 1 is 1.06 bits per heavy atom. The standard InChI is InChI=1S/C13H12N2O2/c1-8-3-9(2)5-10(4-8)11-6-15-12(7-14-11)13(16)17/h3-7H,1-2H3,(H,16,17). The number of rotatable bonds is 2. The molecule has 0 aliphatic carbocycles. The van der Waals surface area contributed by atoms with E-state index in [0.717, 1.165) is 16.7 Å². The number of carboxylic acids is 1. The van der Waals surface area contributed by atoms with E-state index >= 15 is 0 Å². The smallest absolute Gasteiger partial charge is 0.356 e. The zero-order valence-corrected chi connectivity index (χ0v) is 9.64. The third kappa shape index (κ3) is 2.47. The summed E-state index contributed by atoms with van der Waals surface area (Å²) in [6, 6.07) is 6.07. The monoisotopic (exact) mass is 228 g/mol. The van der Waals surface area contributed by atoms with Gasteiger partial charge in [0, 0.05) is 5.56 Å². The SMILES string of the molecule is Cc1cc(C)cc(-c2cnc(C(=O)O)cn2)c1. The van der Waals surface area contributed by atoms with Crippen molar-refractivity contribution in [3.05, 3.63) is 47.4 Å². The van der Waals surface area contributed by atoms with E-state index in [4.69, 9.17) is 5.11 Å². The predicted molar refractivity (Wildman–Crippen MR) is 63.9 cm³/mol. The Bertz CT molecular complexity index is 542. The van der Waals surface area contributed by atoms with Gasteiger partial charge < -0.3 is 5.11 Å². The number of hydrogen-bond acceptors (Lipinski definition) is 3. The fraction of sp³-hybridized carbons (Fsp3) is 0.154. The minimum atomic E-state index is -1.07. The Balaban J connectivity index is 2.43. The highest BCUT2D eigenvalue weighted by molar-refractivity contribution is 5.85. The lowest BCUT2D eigenvalue weighted by atomic mass is 10.1. The highest BCUT2D eigenvalue weighted by Crippen LogP contribution is 2.19. The number of carboxylic acid groups (broad SMARTS) is 1. The molecule has 17 heavy (non-hydrogen) atoms. The average molecular weight is 228 g/mol. The molecule has 1 N–H and O–H groups in total. The van der Waals surface area contributed by atoms with Crippen LogP contribution in [0, 0.1) is 13.8 Å². The molecule has 0 fully saturated rings. The van der Waals surface area contributed by atoms with E-state index in [9.17, 15) is 4.79 Å². The van der Waals surface area contributed by atoms with Gasteiger partial charge in [-0.15, -0.1) is 0 Å². The molecule has 0 aliphatic rings. The largest absolute Gasteiger partial charge is 0.476 e. The van der Waals surface area contributed by atoms with E-state index in [1.165, 1.54) is 12.4 Å². The highest BCUT2D eigenvalue weighted by Gasteiger charge is 2.06. The molecular formula is C13H12N2O2. The molecular weight excluding hydrogens is 216 g/mol. The van der Waals surface area contributed by atoms with Gasteiger partial charge in [0.2, 0.25) is 0 Å². The summed E-state index contributed by atoms with van der Waals surface area (Å²) in [7, 11) is 0. The zero-order valence-electron chi connectivity index (χ0n) is 9.64. The van der Waals surface area contributed by atoms with Crippen molar-refractivity contribution in [3.63, 3.8) is 0 Å². The number of carbonyl (C=O) groups is 1. The minimum Gasteiger partial charge on any atom is -0.476 e. The Hall–Kier alpha value is -2.23. The van der Waals surface area contributed by atoms with Crippen molar-refractivity contribution >= 4 is 5.97 Å². The number of aromatic carboxylic acids is 1. The molecule has 2 rings (SSSR count). The molecule has 1 heterocycles.